The molecule has 5 rings (SSSR count). The summed E-state index contributed by atoms with van der Waals surface area (Å²) in [6.45, 7) is 3.95. The van der Waals surface area contributed by atoms with Crippen molar-refractivity contribution in [2.45, 2.75) is 57.0 Å². The smallest absolute Gasteiger partial charge is 0.317 e. The Balaban J connectivity index is 1.07. The second-order valence-electron chi connectivity index (χ2n) is 10.0. The molecule has 186 valence electrons. The quantitative estimate of drug-likeness (QED) is 0.653. The van der Waals surface area contributed by atoms with Gasteiger partial charge in [0.1, 0.15) is 5.82 Å². The number of nitrogens with zero attached hydrogens (tertiary/aromatic N) is 3. The van der Waals surface area contributed by atoms with Crippen LogP contribution in [0.2, 0.25) is 0 Å². The van der Waals surface area contributed by atoms with Gasteiger partial charge < -0.3 is 20.4 Å². The van der Waals surface area contributed by atoms with Crippen molar-refractivity contribution in [1.82, 2.24) is 20.1 Å². The van der Waals surface area contributed by atoms with Gasteiger partial charge in [0.15, 0.2) is 0 Å². The number of nitrogens with one attached hydrogen (secondary N) is 2. The first-order chi connectivity index (χ1) is 17.1. The van der Waals surface area contributed by atoms with Gasteiger partial charge in [0.25, 0.3) is 0 Å². The average molecular weight is 480 g/mol. The predicted octanol–water partition coefficient (Wildman–Crippen LogP) is 4.12. The standard InChI is InChI=1S/C27H34FN5O2/c28-25-15-21(31-26(34)24-16-23(24)19-5-4-10-29-17-19)7-6-20(25)18-30-27(35)33-13-8-22(9-14-33)32-11-2-1-3-12-32/h4-7,10,15,17,22-24H,1-3,8-9,11-14,16,18H2,(H,30,35)(H,31,34). The van der Waals surface area contributed by atoms with Gasteiger partial charge in [-0.1, -0.05) is 18.6 Å². The number of carbonyl (C=O) groups excluding carboxylic acids is 2. The van der Waals surface area contributed by atoms with Gasteiger partial charge in [-0.05, 0) is 74.9 Å². The van der Waals surface area contributed by atoms with E-state index in [-0.39, 0.29) is 30.3 Å². The number of benzene rings is 1. The summed E-state index contributed by atoms with van der Waals surface area (Å²) in [6.07, 6.45) is 10.2. The molecule has 0 spiro atoms. The van der Waals surface area contributed by atoms with E-state index >= 15 is 0 Å². The molecule has 1 aliphatic carbocycles. The third-order valence-electron chi connectivity index (χ3n) is 7.65. The number of carbonyl (C=O) groups is 2. The predicted molar refractivity (Wildman–Crippen MR) is 132 cm³/mol. The van der Waals surface area contributed by atoms with Crippen LogP contribution in [-0.4, -0.2) is 58.9 Å². The second kappa shape index (κ2) is 10.7. The maximum atomic E-state index is 14.7. The Bertz CT molecular complexity index is 1040. The lowest BCUT2D eigenvalue weighted by Crippen LogP contribution is -2.50. The molecule has 3 heterocycles. The van der Waals surface area contributed by atoms with E-state index in [2.05, 4.69) is 20.5 Å². The number of anilines is 1. The van der Waals surface area contributed by atoms with Crippen molar-refractivity contribution in [3.8, 4) is 0 Å². The number of urea groups is 1. The van der Waals surface area contributed by atoms with E-state index in [1.807, 2.05) is 17.0 Å². The van der Waals surface area contributed by atoms with Crippen LogP contribution in [0, 0.1) is 11.7 Å². The Morgan fingerprint density at radius 3 is 2.57 bits per heavy atom. The molecule has 0 bridgehead atoms. The summed E-state index contributed by atoms with van der Waals surface area (Å²) in [5, 5.41) is 5.68. The summed E-state index contributed by atoms with van der Waals surface area (Å²) >= 11 is 0. The highest BCUT2D eigenvalue weighted by atomic mass is 19.1. The van der Waals surface area contributed by atoms with Crippen molar-refractivity contribution in [3.63, 3.8) is 0 Å². The fourth-order valence-corrected chi connectivity index (χ4v) is 5.45. The zero-order valence-electron chi connectivity index (χ0n) is 20.1. The highest BCUT2D eigenvalue weighted by Gasteiger charge is 2.44. The molecule has 2 saturated heterocycles. The minimum Gasteiger partial charge on any atom is -0.334 e. The SMILES string of the molecule is O=C(Nc1ccc(CNC(=O)N2CCC(N3CCCCC3)CC2)c(F)c1)C1CC1c1cccnc1. The lowest BCUT2D eigenvalue weighted by Gasteiger charge is -2.40. The molecular formula is C27H34FN5O2. The zero-order valence-corrected chi connectivity index (χ0v) is 20.1. The summed E-state index contributed by atoms with van der Waals surface area (Å²) in [4.78, 5) is 33.7. The number of pyridine rings is 1. The van der Waals surface area contributed by atoms with Crippen LogP contribution in [-0.2, 0) is 11.3 Å². The lowest BCUT2D eigenvalue weighted by atomic mass is 10.0. The Labute approximate surface area is 206 Å². The number of piperidine rings is 2. The van der Waals surface area contributed by atoms with Crippen LogP contribution < -0.4 is 10.6 Å². The normalized spacial score (nSPS) is 23.1. The molecule has 2 unspecified atom stereocenters. The van der Waals surface area contributed by atoms with Crippen LogP contribution in [0.5, 0.6) is 0 Å². The molecule has 1 saturated carbocycles. The molecule has 3 fully saturated rings. The molecule has 35 heavy (non-hydrogen) atoms. The largest absolute Gasteiger partial charge is 0.334 e. The van der Waals surface area contributed by atoms with Crippen LogP contribution in [0.25, 0.3) is 0 Å². The van der Waals surface area contributed by atoms with Gasteiger partial charge in [-0.15, -0.1) is 0 Å². The van der Waals surface area contributed by atoms with E-state index in [1.54, 1.807) is 24.5 Å². The number of hydrogen-bond acceptors (Lipinski definition) is 4. The molecule has 2 aromatic rings. The highest BCUT2D eigenvalue weighted by Crippen LogP contribution is 2.47. The lowest BCUT2D eigenvalue weighted by molar-refractivity contribution is -0.117. The highest BCUT2D eigenvalue weighted by molar-refractivity contribution is 5.95. The third-order valence-corrected chi connectivity index (χ3v) is 7.65. The van der Waals surface area contributed by atoms with Crippen LogP contribution in [0.3, 0.4) is 0 Å². The second-order valence-corrected chi connectivity index (χ2v) is 10.0. The number of aromatic nitrogens is 1. The van der Waals surface area contributed by atoms with Gasteiger partial charge >= 0.3 is 6.03 Å². The zero-order chi connectivity index (χ0) is 24.2. The van der Waals surface area contributed by atoms with Crippen LogP contribution in [0.15, 0.2) is 42.7 Å². The van der Waals surface area contributed by atoms with Gasteiger partial charge in [0.2, 0.25) is 5.91 Å². The fraction of sp³-hybridized carbons (Fsp3) is 0.519. The Kier molecular flexibility index (Phi) is 7.27. The topological polar surface area (TPSA) is 77.6 Å². The molecule has 2 aliphatic heterocycles. The summed E-state index contributed by atoms with van der Waals surface area (Å²) in [5.41, 5.74) is 1.89. The van der Waals surface area contributed by atoms with Crippen molar-refractivity contribution in [3.05, 3.63) is 59.7 Å². The summed E-state index contributed by atoms with van der Waals surface area (Å²) < 4.78 is 14.7. The third kappa shape index (κ3) is 5.81. The minimum absolute atomic E-state index is 0.104. The maximum Gasteiger partial charge on any atom is 0.317 e. The van der Waals surface area contributed by atoms with Gasteiger partial charge in [0.05, 0.1) is 0 Å². The number of likely N-dealkylation sites (tertiary alicyclic amines) is 2. The molecule has 0 radical (unpaired) electrons. The Morgan fingerprint density at radius 1 is 1.06 bits per heavy atom. The summed E-state index contributed by atoms with van der Waals surface area (Å²) in [5.74, 6) is -0.480. The van der Waals surface area contributed by atoms with Crippen molar-refractivity contribution >= 4 is 17.6 Å². The van der Waals surface area contributed by atoms with Crippen molar-refractivity contribution < 1.29 is 14.0 Å². The fourth-order valence-electron chi connectivity index (χ4n) is 5.45. The monoisotopic (exact) mass is 479 g/mol. The van der Waals surface area contributed by atoms with Crippen LogP contribution in [0.4, 0.5) is 14.9 Å². The minimum atomic E-state index is -0.438. The van der Waals surface area contributed by atoms with Gasteiger partial charge in [-0.2, -0.15) is 0 Å². The summed E-state index contributed by atoms with van der Waals surface area (Å²) in [6, 6.07) is 8.92. The van der Waals surface area contributed by atoms with E-state index in [9.17, 15) is 14.0 Å². The molecule has 2 N–H and O–H groups in total. The first-order valence-corrected chi connectivity index (χ1v) is 12.8. The van der Waals surface area contributed by atoms with Gasteiger partial charge in [-0.3, -0.25) is 9.78 Å². The van der Waals surface area contributed by atoms with E-state index in [4.69, 9.17) is 0 Å². The Morgan fingerprint density at radius 2 is 1.86 bits per heavy atom. The number of amides is 3. The molecule has 1 aromatic carbocycles. The van der Waals surface area contributed by atoms with Crippen molar-refractivity contribution in [2.75, 3.05) is 31.5 Å². The van der Waals surface area contributed by atoms with E-state index < -0.39 is 5.82 Å². The van der Waals surface area contributed by atoms with Crippen LogP contribution >= 0.6 is 0 Å². The molecule has 3 aliphatic rings. The number of rotatable bonds is 6. The molecule has 1 aromatic heterocycles. The Hall–Kier alpha value is -3.00. The molecular weight excluding hydrogens is 445 g/mol. The molecule has 3 amide bonds. The average Bonchev–Trinajstić information content (AvgIpc) is 3.71. The number of halogens is 1. The van der Waals surface area contributed by atoms with Gasteiger partial charge in [-0.25, -0.2) is 9.18 Å². The maximum absolute atomic E-state index is 14.7. The van der Waals surface area contributed by atoms with E-state index in [0.717, 1.165) is 37.9 Å². The first kappa shape index (κ1) is 23.7. The van der Waals surface area contributed by atoms with E-state index in [0.29, 0.717) is 17.3 Å². The first-order valence-electron chi connectivity index (χ1n) is 12.8. The van der Waals surface area contributed by atoms with Crippen LogP contribution in [0.1, 0.15) is 55.6 Å². The van der Waals surface area contributed by atoms with E-state index in [1.165, 1.54) is 38.4 Å². The number of hydrogen-bond donors (Lipinski definition) is 2. The summed E-state index contributed by atoms with van der Waals surface area (Å²) in [7, 11) is 0. The van der Waals surface area contributed by atoms with Gasteiger partial charge in [0, 0.05) is 55.2 Å². The molecule has 7 nitrogen and oxygen atoms in total. The molecule has 8 heteroatoms. The van der Waals surface area contributed by atoms with Crippen molar-refractivity contribution in [1.29, 1.82) is 0 Å². The molecule has 2 atom stereocenters. The van der Waals surface area contributed by atoms with Crippen molar-refractivity contribution in [2.24, 2.45) is 5.92 Å².